The van der Waals surface area contributed by atoms with Crippen molar-refractivity contribution in [2.24, 2.45) is 0 Å². The van der Waals surface area contributed by atoms with E-state index in [1.807, 2.05) is 12.1 Å². The molecule has 3 N–H and O–H groups in total. The molecule has 0 saturated carbocycles. The number of carbonyl (C=O) groups excluding carboxylic acids is 2. The Morgan fingerprint density at radius 3 is 2.43 bits per heavy atom. The van der Waals surface area contributed by atoms with Crippen LogP contribution in [0.25, 0.3) is 0 Å². The molecule has 0 saturated heterocycles. The molecule has 1 aromatic carbocycles. The molecule has 1 atom stereocenters. The monoisotopic (exact) mass is 292 g/mol. The number of carbonyl (C=O) groups is 2. The van der Waals surface area contributed by atoms with Crippen molar-refractivity contribution in [1.29, 1.82) is 0 Å². The van der Waals surface area contributed by atoms with Crippen LogP contribution >= 0.6 is 0 Å². The average Bonchev–Trinajstić information content (AvgIpc) is 2.46. The van der Waals surface area contributed by atoms with Crippen LogP contribution in [-0.2, 0) is 16.0 Å². The average molecular weight is 292 g/mol. The minimum Gasteiger partial charge on any atom is -0.396 e. The van der Waals surface area contributed by atoms with Crippen LogP contribution in [0.3, 0.4) is 0 Å². The fraction of sp³-hybridized carbons (Fsp3) is 0.500. The van der Waals surface area contributed by atoms with Crippen molar-refractivity contribution in [1.82, 2.24) is 5.32 Å². The van der Waals surface area contributed by atoms with Crippen molar-refractivity contribution in [2.75, 3.05) is 11.9 Å². The minimum absolute atomic E-state index is 0.0255. The smallest absolute Gasteiger partial charge is 0.313 e. The zero-order chi connectivity index (χ0) is 15.7. The summed E-state index contributed by atoms with van der Waals surface area (Å²) in [4.78, 5) is 23.4. The summed E-state index contributed by atoms with van der Waals surface area (Å²) < 4.78 is 0. The molecule has 0 radical (unpaired) electrons. The van der Waals surface area contributed by atoms with Crippen LogP contribution in [0.15, 0.2) is 24.3 Å². The molecule has 5 heteroatoms. The highest BCUT2D eigenvalue weighted by Crippen LogP contribution is 2.11. The number of aliphatic hydroxyl groups excluding tert-OH is 1. The third kappa shape index (κ3) is 6.40. The van der Waals surface area contributed by atoms with Gasteiger partial charge in [-0.1, -0.05) is 25.5 Å². The van der Waals surface area contributed by atoms with Gasteiger partial charge < -0.3 is 15.7 Å². The molecule has 5 nitrogen and oxygen atoms in total. The molecular weight excluding hydrogens is 268 g/mol. The van der Waals surface area contributed by atoms with Crippen LogP contribution < -0.4 is 10.6 Å². The number of rotatable bonds is 7. The maximum Gasteiger partial charge on any atom is 0.313 e. The molecule has 0 fully saturated rings. The summed E-state index contributed by atoms with van der Waals surface area (Å²) in [6.07, 6.45) is 3.72. The first-order valence-corrected chi connectivity index (χ1v) is 7.38. The first-order chi connectivity index (χ1) is 10.1. The standard InChI is InChI=1S/C16H24N2O3/c1-3-4-5-13-6-8-14(9-7-13)18-16(21)15(20)17-12(2)10-11-19/h6-9,12,19H,3-5,10-11H2,1-2H3,(H,17,20)(H,18,21)/t12-/m1/s1. The second-order valence-corrected chi connectivity index (χ2v) is 5.14. The van der Waals surface area contributed by atoms with Gasteiger partial charge in [-0.05, 0) is 43.9 Å². The Kier molecular flexibility index (Phi) is 7.46. The molecule has 0 aliphatic carbocycles. The molecule has 1 rings (SSSR count). The van der Waals surface area contributed by atoms with Gasteiger partial charge in [-0.2, -0.15) is 0 Å². The summed E-state index contributed by atoms with van der Waals surface area (Å²) in [5.41, 5.74) is 1.82. The van der Waals surface area contributed by atoms with Gasteiger partial charge in [0.2, 0.25) is 0 Å². The Labute approximate surface area is 125 Å². The third-order valence-corrected chi connectivity index (χ3v) is 3.18. The van der Waals surface area contributed by atoms with Crippen LogP contribution in [0.4, 0.5) is 5.69 Å². The van der Waals surface area contributed by atoms with Crippen LogP contribution in [0.5, 0.6) is 0 Å². The highest BCUT2D eigenvalue weighted by molar-refractivity contribution is 6.39. The fourth-order valence-electron chi connectivity index (χ4n) is 1.88. The topological polar surface area (TPSA) is 78.4 Å². The lowest BCUT2D eigenvalue weighted by molar-refractivity contribution is -0.136. The number of nitrogens with one attached hydrogen (secondary N) is 2. The lowest BCUT2D eigenvalue weighted by Gasteiger charge is -2.12. The second kappa shape index (κ2) is 9.13. The second-order valence-electron chi connectivity index (χ2n) is 5.14. The Bertz CT molecular complexity index is 457. The maximum atomic E-state index is 11.7. The van der Waals surface area contributed by atoms with Gasteiger partial charge in [0.05, 0.1) is 0 Å². The quantitative estimate of drug-likeness (QED) is 0.671. The number of anilines is 1. The SMILES string of the molecule is CCCCc1ccc(NC(=O)C(=O)N[C@H](C)CCO)cc1. The van der Waals surface area contributed by atoms with E-state index in [2.05, 4.69) is 17.6 Å². The highest BCUT2D eigenvalue weighted by Gasteiger charge is 2.15. The number of benzene rings is 1. The maximum absolute atomic E-state index is 11.7. The Morgan fingerprint density at radius 1 is 1.19 bits per heavy atom. The lowest BCUT2D eigenvalue weighted by atomic mass is 10.1. The summed E-state index contributed by atoms with van der Waals surface area (Å²) in [6.45, 7) is 3.86. The van der Waals surface area contributed by atoms with E-state index in [-0.39, 0.29) is 12.6 Å². The van der Waals surface area contributed by atoms with Gasteiger partial charge in [-0.15, -0.1) is 0 Å². The molecule has 21 heavy (non-hydrogen) atoms. The largest absolute Gasteiger partial charge is 0.396 e. The normalized spacial score (nSPS) is 11.8. The number of amides is 2. The predicted molar refractivity (Wildman–Crippen MR) is 83.0 cm³/mol. The van der Waals surface area contributed by atoms with Crippen molar-refractivity contribution in [3.05, 3.63) is 29.8 Å². The summed E-state index contributed by atoms with van der Waals surface area (Å²) in [5.74, 6) is -1.38. The van der Waals surface area contributed by atoms with Crippen molar-refractivity contribution >= 4 is 17.5 Å². The first-order valence-electron chi connectivity index (χ1n) is 7.38. The molecule has 0 spiro atoms. The van der Waals surface area contributed by atoms with E-state index in [1.165, 1.54) is 5.56 Å². The zero-order valence-electron chi connectivity index (χ0n) is 12.7. The van der Waals surface area contributed by atoms with Gasteiger partial charge in [-0.3, -0.25) is 9.59 Å². The third-order valence-electron chi connectivity index (χ3n) is 3.18. The fourth-order valence-corrected chi connectivity index (χ4v) is 1.88. The number of unbranched alkanes of at least 4 members (excludes halogenated alkanes) is 1. The van der Waals surface area contributed by atoms with E-state index >= 15 is 0 Å². The summed E-state index contributed by atoms with van der Waals surface area (Å²) in [6, 6.07) is 7.28. The van der Waals surface area contributed by atoms with Crippen LogP contribution in [0.1, 0.15) is 38.7 Å². The molecule has 0 aliphatic rings. The van der Waals surface area contributed by atoms with Crippen LogP contribution in [0.2, 0.25) is 0 Å². The van der Waals surface area contributed by atoms with E-state index in [1.54, 1.807) is 19.1 Å². The van der Waals surface area contributed by atoms with Crippen molar-refractivity contribution < 1.29 is 14.7 Å². The van der Waals surface area contributed by atoms with Crippen molar-refractivity contribution in [2.45, 2.75) is 45.6 Å². The molecule has 0 heterocycles. The predicted octanol–water partition coefficient (Wildman–Crippen LogP) is 1.85. The first kappa shape index (κ1) is 17.2. The van der Waals surface area contributed by atoms with Gasteiger partial charge in [0.1, 0.15) is 0 Å². The summed E-state index contributed by atoms with van der Waals surface area (Å²) in [7, 11) is 0. The van der Waals surface area contributed by atoms with E-state index in [0.29, 0.717) is 12.1 Å². The number of hydrogen-bond acceptors (Lipinski definition) is 3. The van der Waals surface area contributed by atoms with E-state index in [0.717, 1.165) is 19.3 Å². The molecule has 2 amide bonds. The number of aryl methyl sites for hydroxylation is 1. The molecule has 1 aromatic rings. The molecule has 116 valence electrons. The van der Waals surface area contributed by atoms with E-state index < -0.39 is 11.8 Å². The zero-order valence-corrected chi connectivity index (χ0v) is 12.7. The summed E-state index contributed by atoms with van der Waals surface area (Å²) in [5, 5.41) is 13.8. The van der Waals surface area contributed by atoms with Gasteiger partial charge >= 0.3 is 11.8 Å². The van der Waals surface area contributed by atoms with Crippen LogP contribution in [0, 0.1) is 0 Å². The molecule has 0 aromatic heterocycles. The van der Waals surface area contributed by atoms with Crippen LogP contribution in [-0.4, -0.2) is 29.6 Å². The van der Waals surface area contributed by atoms with Crippen molar-refractivity contribution in [3.8, 4) is 0 Å². The Hall–Kier alpha value is -1.88. The molecule has 0 bridgehead atoms. The van der Waals surface area contributed by atoms with E-state index in [9.17, 15) is 9.59 Å². The lowest BCUT2D eigenvalue weighted by Crippen LogP contribution is -2.40. The van der Waals surface area contributed by atoms with Gasteiger partial charge in [-0.25, -0.2) is 0 Å². The van der Waals surface area contributed by atoms with Gasteiger partial charge in [0.15, 0.2) is 0 Å². The molecular formula is C16H24N2O3. The molecule has 0 aliphatic heterocycles. The molecule has 0 unspecified atom stereocenters. The Morgan fingerprint density at radius 2 is 1.86 bits per heavy atom. The highest BCUT2D eigenvalue weighted by atomic mass is 16.3. The van der Waals surface area contributed by atoms with E-state index in [4.69, 9.17) is 5.11 Å². The summed E-state index contributed by atoms with van der Waals surface area (Å²) >= 11 is 0. The van der Waals surface area contributed by atoms with Gasteiger partial charge in [0, 0.05) is 18.3 Å². The van der Waals surface area contributed by atoms with Gasteiger partial charge in [0.25, 0.3) is 0 Å². The minimum atomic E-state index is -0.693. The number of hydrogen-bond donors (Lipinski definition) is 3. The van der Waals surface area contributed by atoms with Crippen molar-refractivity contribution in [3.63, 3.8) is 0 Å². The number of aliphatic hydroxyl groups is 1. The Balaban J connectivity index is 2.48.